The molecule has 2 aromatic rings. The Labute approximate surface area is 98.9 Å². The first kappa shape index (κ1) is 11.3. The van der Waals surface area contributed by atoms with Crippen LogP contribution in [0.3, 0.4) is 0 Å². The summed E-state index contributed by atoms with van der Waals surface area (Å²) in [5.41, 5.74) is 3.62. The van der Waals surface area contributed by atoms with Gasteiger partial charge in [0.2, 0.25) is 0 Å². The number of hydrogen-bond acceptors (Lipinski definition) is 2. The van der Waals surface area contributed by atoms with E-state index in [2.05, 4.69) is 23.0 Å². The van der Waals surface area contributed by atoms with Gasteiger partial charge < -0.3 is 5.32 Å². The standard InChI is InChI=1S/C13H14FNS/c1-9-7-16-8-12(9)13(15-2)10-3-5-11(14)6-4-10/h3-8,13,15H,1-2H3. The third kappa shape index (κ3) is 2.15. The monoisotopic (exact) mass is 235 g/mol. The smallest absolute Gasteiger partial charge is 0.123 e. The summed E-state index contributed by atoms with van der Waals surface area (Å²) >= 11 is 1.69. The van der Waals surface area contributed by atoms with E-state index < -0.39 is 0 Å². The Balaban J connectivity index is 2.37. The van der Waals surface area contributed by atoms with Crippen molar-refractivity contribution in [3.8, 4) is 0 Å². The Morgan fingerprint density at radius 2 is 1.88 bits per heavy atom. The first-order valence-electron chi connectivity index (χ1n) is 5.18. The number of aryl methyl sites for hydroxylation is 1. The molecule has 1 nitrogen and oxygen atoms in total. The zero-order chi connectivity index (χ0) is 11.5. The molecule has 0 aliphatic carbocycles. The van der Waals surface area contributed by atoms with E-state index in [1.54, 1.807) is 11.3 Å². The van der Waals surface area contributed by atoms with Gasteiger partial charge in [-0.15, -0.1) is 0 Å². The molecule has 1 aromatic heterocycles. The van der Waals surface area contributed by atoms with Crippen LogP contribution in [-0.2, 0) is 0 Å². The van der Waals surface area contributed by atoms with Crippen LogP contribution in [0.2, 0.25) is 0 Å². The lowest BCUT2D eigenvalue weighted by atomic mass is 9.99. The lowest BCUT2D eigenvalue weighted by Gasteiger charge is -2.16. The van der Waals surface area contributed by atoms with E-state index in [0.29, 0.717) is 0 Å². The molecule has 0 saturated carbocycles. The molecule has 84 valence electrons. The Hall–Kier alpha value is -1.19. The lowest BCUT2D eigenvalue weighted by molar-refractivity contribution is 0.623. The second kappa shape index (κ2) is 4.76. The molecule has 2 rings (SSSR count). The van der Waals surface area contributed by atoms with Crippen LogP contribution in [0.15, 0.2) is 35.0 Å². The first-order chi connectivity index (χ1) is 7.72. The van der Waals surface area contributed by atoms with Crippen LogP contribution in [0.1, 0.15) is 22.7 Å². The average Bonchev–Trinajstić information content (AvgIpc) is 2.69. The van der Waals surface area contributed by atoms with Gasteiger partial charge in [-0.2, -0.15) is 11.3 Å². The first-order valence-corrected chi connectivity index (χ1v) is 6.12. The number of hydrogen-bond donors (Lipinski definition) is 1. The second-order valence-electron chi connectivity index (χ2n) is 3.78. The predicted octanol–water partition coefficient (Wildman–Crippen LogP) is 3.50. The van der Waals surface area contributed by atoms with Crippen molar-refractivity contribution in [3.63, 3.8) is 0 Å². The minimum Gasteiger partial charge on any atom is -0.309 e. The summed E-state index contributed by atoms with van der Waals surface area (Å²) in [6.07, 6.45) is 0. The minimum absolute atomic E-state index is 0.145. The predicted molar refractivity (Wildman–Crippen MR) is 66.4 cm³/mol. The summed E-state index contributed by atoms with van der Waals surface area (Å²) in [5, 5.41) is 7.53. The van der Waals surface area contributed by atoms with E-state index in [1.807, 2.05) is 19.2 Å². The van der Waals surface area contributed by atoms with Crippen LogP contribution in [-0.4, -0.2) is 7.05 Å². The molecule has 0 saturated heterocycles. The largest absolute Gasteiger partial charge is 0.309 e. The van der Waals surface area contributed by atoms with E-state index in [-0.39, 0.29) is 11.9 Å². The molecule has 1 unspecified atom stereocenters. The van der Waals surface area contributed by atoms with E-state index in [0.717, 1.165) is 5.56 Å². The van der Waals surface area contributed by atoms with E-state index >= 15 is 0 Å². The van der Waals surface area contributed by atoms with Crippen molar-refractivity contribution in [1.29, 1.82) is 0 Å². The molecule has 0 spiro atoms. The van der Waals surface area contributed by atoms with Crippen LogP contribution in [0.5, 0.6) is 0 Å². The van der Waals surface area contributed by atoms with Crippen molar-refractivity contribution in [3.05, 3.63) is 57.5 Å². The van der Waals surface area contributed by atoms with E-state index in [1.165, 1.54) is 23.3 Å². The fraction of sp³-hybridized carbons (Fsp3) is 0.231. The summed E-state index contributed by atoms with van der Waals surface area (Å²) < 4.78 is 12.9. The zero-order valence-electron chi connectivity index (χ0n) is 9.33. The van der Waals surface area contributed by atoms with Gasteiger partial charge >= 0.3 is 0 Å². The molecule has 3 heteroatoms. The number of halogens is 1. The number of benzene rings is 1. The number of thiophene rings is 1. The van der Waals surface area contributed by atoms with Crippen molar-refractivity contribution >= 4 is 11.3 Å². The molecule has 1 atom stereocenters. The maximum Gasteiger partial charge on any atom is 0.123 e. The molecule has 0 aliphatic heterocycles. The van der Waals surface area contributed by atoms with Crippen molar-refractivity contribution < 1.29 is 4.39 Å². The topological polar surface area (TPSA) is 12.0 Å². The van der Waals surface area contributed by atoms with Crippen molar-refractivity contribution in [2.24, 2.45) is 0 Å². The minimum atomic E-state index is -0.194. The SMILES string of the molecule is CNC(c1ccc(F)cc1)c1cscc1C. The second-order valence-corrected chi connectivity index (χ2v) is 4.53. The number of rotatable bonds is 3. The quantitative estimate of drug-likeness (QED) is 0.858. The van der Waals surface area contributed by atoms with Crippen LogP contribution < -0.4 is 5.32 Å². The fourth-order valence-electron chi connectivity index (χ4n) is 1.82. The molecule has 0 fully saturated rings. The van der Waals surface area contributed by atoms with Crippen molar-refractivity contribution in [2.45, 2.75) is 13.0 Å². The molecular weight excluding hydrogens is 221 g/mol. The molecule has 0 radical (unpaired) electrons. The van der Waals surface area contributed by atoms with Gasteiger partial charge in [0.1, 0.15) is 5.82 Å². The van der Waals surface area contributed by atoms with Gasteiger partial charge in [0.05, 0.1) is 6.04 Å². The van der Waals surface area contributed by atoms with Gasteiger partial charge in [0.15, 0.2) is 0 Å². The highest BCUT2D eigenvalue weighted by Crippen LogP contribution is 2.27. The van der Waals surface area contributed by atoms with Crippen molar-refractivity contribution in [2.75, 3.05) is 7.05 Å². The van der Waals surface area contributed by atoms with Gasteiger partial charge in [-0.05, 0) is 53.6 Å². The van der Waals surface area contributed by atoms with Gasteiger partial charge in [-0.25, -0.2) is 4.39 Å². The highest BCUT2D eigenvalue weighted by molar-refractivity contribution is 7.08. The maximum absolute atomic E-state index is 12.9. The van der Waals surface area contributed by atoms with Gasteiger partial charge in [0, 0.05) is 0 Å². The van der Waals surface area contributed by atoms with Gasteiger partial charge in [-0.1, -0.05) is 12.1 Å². The molecule has 0 aliphatic rings. The molecule has 0 amide bonds. The third-order valence-electron chi connectivity index (χ3n) is 2.70. The molecular formula is C13H14FNS. The van der Waals surface area contributed by atoms with Crippen LogP contribution in [0.25, 0.3) is 0 Å². The van der Waals surface area contributed by atoms with Crippen LogP contribution in [0.4, 0.5) is 4.39 Å². The molecule has 1 N–H and O–H groups in total. The maximum atomic E-state index is 12.9. The molecule has 16 heavy (non-hydrogen) atoms. The van der Waals surface area contributed by atoms with Gasteiger partial charge in [0.25, 0.3) is 0 Å². The average molecular weight is 235 g/mol. The Morgan fingerprint density at radius 1 is 1.19 bits per heavy atom. The van der Waals surface area contributed by atoms with E-state index in [9.17, 15) is 4.39 Å². The third-order valence-corrected chi connectivity index (χ3v) is 3.58. The van der Waals surface area contributed by atoms with Gasteiger partial charge in [-0.3, -0.25) is 0 Å². The summed E-state index contributed by atoms with van der Waals surface area (Å²) in [6, 6.07) is 6.80. The highest BCUT2D eigenvalue weighted by atomic mass is 32.1. The molecule has 1 heterocycles. The number of nitrogens with one attached hydrogen (secondary N) is 1. The molecule has 0 bridgehead atoms. The Kier molecular flexibility index (Phi) is 3.36. The summed E-state index contributed by atoms with van der Waals surface area (Å²) in [7, 11) is 1.92. The van der Waals surface area contributed by atoms with Crippen LogP contribution in [0, 0.1) is 12.7 Å². The Morgan fingerprint density at radius 3 is 2.38 bits per heavy atom. The normalized spacial score (nSPS) is 12.7. The molecule has 1 aromatic carbocycles. The summed E-state index contributed by atoms with van der Waals surface area (Å²) in [4.78, 5) is 0. The van der Waals surface area contributed by atoms with E-state index in [4.69, 9.17) is 0 Å². The highest BCUT2D eigenvalue weighted by Gasteiger charge is 2.14. The zero-order valence-corrected chi connectivity index (χ0v) is 10.1. The Bertz CT molecular complexity index is 461. The lowest BCUT2D eigenvalue weighted by Crippen LogP contribution is -2.17. The summed E-state index contributed by atoms with van der Waals surface area (Å²) in [6.45, 7) is 2.10. The van der Waals surface area contributed by atoms with Crippen LogP contribution >= 0.6 is 11.3 Å². The fourth-order valence-corrected chi connectivity index (χ4v) is 2.70. The van der Waals surface area contributed by atoms with Crippen molar-refractivity contribution in [1.82, 2.24) is 5.32 Å². The summed E-state index contributed by atoms with van der Waals surface area (Å²) in [5.74, 6) is -0.194.